The summed E-state index contributed by atoms with van der Waals surface area (Å²) < 4.78 is 5.09. The van der Waals surface area contributed by atoms with Gasteiger partial charge in [0.1, 0.15) is 0 Å². The summed E-state index contributed by atoms with van der Waals surface area (Å²) in [5.41, 5.74) is 4.48. The van der Waals surface area contributed by atoms with Gasteiger partial charge in [0.05, 0.1) is 12.5 Å². The first-order chi connectivity index (χ1) is 7.16. The molecule has 2 aromatic heterocycles. The van der Waals surface area contributed by atoms with Gasteiger partial charge in [0.25, 0.3) is 0 Å². The van der Waals surface area contributed by atoms with Crippen molar-refractivity contribution in [2.45, 2.75) is 26.7 Å². The van der Waals surface area contributed by atoms with E-state index < -0.39 is 0 Å². The molecule has 0 spiro atoms. The predicted octanol–water partition coefficient (Wildman–Crippen LogP) is 3.77. The molecular formula is C13H15NO. The quantitative estimate of drug-likeness (QED) is 0.739. The van der Waals surface area contributed by atoms with Gasteiger partial charge in [-0.3, -0.25) is 4.98 Å². The Hall–Kier alpha value is -1.57. The number of hydrogen-bond donors (Lipinski definition) is 0. The van der Waals surface area contributed by atoms with Crippen molar-refractivity contribution in [3.63, 3.8) is 0 Å². The van der Waals surface area contributed by atoms with E-state index in [0.29, 0.717) is 5.92 Å². The van der Waals surface area contributed by atoms with Crippen molar-refractivity contribution in [1.82, 2.24) is 4.98 Å². The summed E-state index contributed by atoms with van der Waals surface area (Å²) in [5.74, 6) is 0.454. The van der Waals surface area contributed by atoms with Crippen LogP contribution in [0.15, 0.2) is 35.1 Å². The van der Waals surface area contributed by atoms with Crippen molar-refractivity contribution < 1.29 is 4.42 Å². The molecule has 0 radical (unpaired) electrons. The third-order valence-corrected chi connectivity index (χ3v) is 2.42. The molecule has 0 aliphatic heterocycles. The minimum atomic E-state index is 0.454. The van der Waals surface area contributed by atoms with Crippen LogP contribution in [0.3, 0.4) is 0 Å². The fourth-order valence-electron chi connectivity index (χ4n) is 1.59. The second kappa shape index (κ2) is 3.89. The molecule has 2 heteroatoms. The van der Waals surface area contributed by atoms with Gasteiger partial charge >= 0.3 is 0 Å². The van der Waals surface area contributed by atoms with E-state index in [2.05, 4.69) is 31.0 Å². The summed E-state index contributed by atoms with van der Waals surface area (Å²) in [5, 5.41) is 0. The molecule has 0 fully saturated rings. The number of aryl methyl sites for hydroxylation is 1. The van der Waals surface area contributed by atoms with E-state index in [4.69, 9.17) is 4.42 Å². The van der Waals surface area contributed by atoms with Crippen LogP contribution in [0.25, 0.3) is 11.1 Å². The summed E-state index contributed by atoms with van der Waals surface area (Å²) in [6.07, 6.45) is 3.46. The molecule has 15 heavy (non-hydrogen) atoms. The Morgan fingerprint density at radius 1 is 1.20 bits per heavy atom. The number of pyridine rings is 1. The number of hydrogen-bond acceptors (Lipinski definition) is 2. The smallest absolute Gasteiger partial charge is 0.0980 e. The minimum Gasteiger partial charge on any atom is -0.472 e. The molecule has 0 aromatic carbocycles. The molecule has 2 nitrogen and oxygen atoms in total. The molecule has 0 aliphatic carbocycles. The first kappa shape index (κ1) is 9.97. The van der Waals surface area contributed by atoms with E-state index in [1.165, 1.54) is 5.56 Å². The van der Waals surface area contributed by atoms with Crippen molar-refractivity contribution in [3.05, 3.63) is 42.1 Å². The van der Waals surface area contributed by atoms with Crippen LogP contribution in [-0.4, -0.2) is 4.98 Å². The summed E-state index contributed by atoms with van der Waals surface area (Å²) in [4.78, 5) is 4.51. The number of aromatic nitrogens is 1. The van der Waals surface area contributed by atoms with Gasteiger partial charge in [0.2, 0.25) is 0 Å². The minimum absolute atomic E-state index is 0.454. The Morgan fingerprint density at radius 2 is 2.00 bits per heavy atom. The van der Waals surface area contributed by atoms with E-state index in [9.17, 15) is 0 Å². The molecule has 2 heterocycles. The van der Waals surface area contributed by atoms with Gasteiger partial charge in [-0.25, -0.2) is 0 Å². The molecule has 0 amide bonds. The molecular weight excluding hydrogens is 186 g/mol. The molecule has 0 aliphatic rings. The van der Waals surface area contributed by atoms with E-state index in [1.54, 1.807) is 12.5 Å². The zero-order chi connectivity index (χ0) is 10.8. The van der Waals surface area contributed by atoms with Gasteiger partial charge in [0, 0.05) is 17.0 Å². The molecule has 2 rings (SSSR count). The van der Waals surface area contributed by atoms with E-state index in [-0.39, 0.29) is 0 Å². The average Bonchev–Trinajstić information content (AvgIpc) is 2.69. The Morgan fingerprint density at radius 3 is 2.60 bits per heavy atom. The lowest BCUT2D eigenvalue weighted by molar-refractivity contribution is 0.568. The number of rotatable bonds is 2. The Balaban J connectivity index is 2.49. The topological polar surface area (TPSA) is 26.0 Å². The van der Waals surface area contributed by atoms with Crippen molar-refractivity contribution in [3.8, 4) is 11.1 Å². The van der Waals surface area contributed by atoms with Crippen molar-refractivity contribution >= 4 is 0 Å². The van der Waals surface area contributed by atoms with Crippen LogP contribution in [0, 0.1) is 6.92 Å². The van der Waals surface area contributed by atoms with Crippen LogP contribution in [-0.2, 0) is 0 Å². The van der Waals surface area contributed by atoms with Gasteiger partial charge in [-0.05, 0) is 36.6 Å². The normalized spacial score (nSPS) is 10.9. The molecule has 0 N–H and O–H groups in total. The monoisotopic (exact) mass is 201 g/mol. The molecule has 0 saturated carbocycles. The molecule has 78 valence electrons. The SMILES string of the molecule is Cc1cc(-c2ccoc2)cc(C(C)C)n1. The number of nitrogens with zero attached hydrogens (tertiary/aromatic N) is 1. The second-order valence-electron chi connectivity index (χ2n) is 4.09. The Bertz CT molecular complexity index is 444. The van der Waals surface area contributed by atoms with Crippen LogP contribution >= 0.6 is 0 Å². The third-order valence-electron chi connectivity index (χ3n) is 2.42. The molecule has 0 atom stereocenters. The summed E-state index contributed by atoms with van der Waals surface area (Å²) in [6, 6.07) is 6.18. The third kappa shape index (κ3) is 2.09. The maximum Gasteiger partial charge on any atom is 0.0980 e. The zero-order valence-electron chi connectivity index (χ0n) is 9.32. The van der Waals surface area contributed by atoms with E-state index >= 15 is 0 Å². The lowest BCUT2D eigenvalue weighted by Gasteiger charge is -2.08. The van der Waals surface area contributed by atoms with Crippen molar-refractivity contribution in [1.29, 1.82) is 0 Å². The molecule has 0 saturated heterocycles. The van der Waals surface area contributed by atoms with Gasteiger partial charge in [0.15, 0.2) is 0 Å². The molecule has 2 aromatic rings. The summed E-state index contributed by atoms with van der Waals surface area (Å²) >= 11 is 0. The van der Waals surface area contributed by atoms with Crippen LogP contribution in [0.4, 0.5) is 0 Å². The van der Waals surface area contributed by atoms with E-state index in [0.717, 1.165) is 17.0 Å². The highest BCUT2D eigenvalue weighted by Crippen LogP contribution is 2.23. The van der Waals surface area contributed by atoms with Gasteiger partial charge in [-0.1, -0.05) is 13.8 Å². The lowest BCUT2D eigenvalue weighted by atomic mass is 10.0. The predicted molar refractivity (Wildman–Crippen MR) is 60.8 cm³/mol. The zero-order valence-corrected chi connectivity index (χ0v) is 9.32. The van der Waals surface area contributed by atoms with Crippen LogP contribution in [0.1, 0.15) is 31.2 Å². The fraction of sp³-hybridized carbons (Fsp3) is 0.308. The van der Waals surface area contributed by atoms with Gasteiger partial charge in [-0.15, -0.1) is 0 Å². The van der Waals surface area contributed by atoms with Crippen LogP contribution in [0.5, 0.6) is 0 Å². The highest BCUT2D eigenvalue weighted by atomic mass is 16.3. The average molecular weight is 201 g/mol. The number of furan rings is 1. The maximum atomic E-state index is 5.09. The first-order valence-corrected chi connectivity index (χ1v) is 5.18. The van der Waals surface area contributed by atoms with Crippen molar-refractivity contribution in [2.75, 3.05) is 0 Å². The Kier molecular flexibility index (Phi) is 2.58. The van der Waals surface area contributed by atoms with Crippen LogP contribution < -0.4 is 0 Å². The Labute approximate surface area is 90.0 Å². The fourth-order valence-corrected chi connectivity index (χ4v) is 1.59. The molecule has 0 unspecified atom stereocenters. The first-order valence-electron chi connectivity index (χ1n) is 5.18. The van der Waals surface area contributed by atoms with Crippen molar-refractivity contribution in [2.24, 2.45) is 0 Å². The highest BCUT2D eigenvalue weighted by Gasteiger charge is 2.06. The maximum absolute atomic E-state index is 5.09. The van der Waals surface area contributed by atoms with Gasteiger partial charge < -0.3 is 4.42 Å². The molecule has 0 bridgehead atoms. The summed E-state index contributed by atoms with van der Waals surface area (Å²) in [6.45, 7) is 6.33. The lowest BCUT2D eigenvalue weighted by Crippen LogP contribution is -1.95. The summed E-state index contributed by atoms with van der Waals surface area (Å²) in [7, 11) is 0. The van der Waals surface area contributed by atoms with Crippen LogP contribution in [0.2, 0.25) is 0 Å². The largest absolute Gasteiger partial charge is 0.472 e. The highest BCUT2D eigenvalue weighted by molar-refractivity contribution is 5.62. The van der Waals surface area contributed by atoms with E-state index in [1.807, 2.05) is 13.0 Å². The standard InChI is InChI=1S/C13H15NO/c1-9(2)13-7-12(6-10(3)14-13)11-4-5-15-8-11/h4-9H,1-3H3. The second-order valence-corrected chi connectivity index (χ2v) is 4.09. The van der Waals surface area contributed by atoms with Gasteiger partial charge in [-0.2, -0.15) is 0 Å².